The van der Waals surface area contributed by atoms with E-state index < -0.39 is 9.96 Å². The molecule has 3 atom stereocenters. The minimum Gasteiger partial charge on any atom is -0.373 e. The molecule has 0 aliphatic carbocycles. The van der Waals surface area contributed by atoms with E-state index in [0.29, 0.717) is 34.4 Å². The molecule has 1 aliphatic rings. The second kappa shape index (κ2) is 26.9. The lowest BCUT2D eigenvalue weighted by atomic mass is 10.1. The van der Waals surface area contributed by atoms with Crippen LogP contribution in [0.2, 0.25) is 30.1 Å². The lowest BCUT2D eigenvalue weighted by Crippen LogP contribution is -2.45. The molecule has 1 amide bonds. The number of nitrogens with one attached hydrogen (secondary N) is 2. The highest BCUT2D eigenvalue weighted by atomic mass is 35.6. The number of hydrogen-bond donors (Lipinski definition) is 2. The third kappa shape index (κ3) is 18.7. The zero-order chi connectivity index (χ0) is 39.3. The Morgan fingerprint density at radius 3 is 1.69 bits per heavy atom. The Morgan fingerprint density at radius 2 is 1.27 bits per heavy atom. The molecule has 0 saturated carbocycles. The highest BCUT2D eigenvalue weighted by molar-refractivity contribution is 6.68. The Labute approximate surface area is 354 Å². The molecule has 3 unspecified atom stereocenters. The normalized spacial score (nSPS) is 16.3. The van der Waals surface area contributed by atoms with Crippen molar-refractivity contribution in [3.63, 3.8) is 0 Å². The molecule has 7 nitrogen and oxygen atoms in total. The molecule has 16 heteroatoms. The van der Waals surface area contributed by atoms with E-state index in [0.717, 1.165) is 13.1 Å². The van der Waals surface area contributed by atoms with Gasteiger partial charge in [-0.05, 0) is 45.0 Å². The van der Waals surface area contributed by atoms with Gasteiger partial charge in [-0.1, -0.05) is 176 Å². The first-order valence-corrected chi connectivity index (χ1v) is 20.5. The Bertz CT molecular complexity index is 1410. The Kier molecular flexibility index (Phi) is 25.5. The summed E-state index contributed by atoms with van der Waals surface area (Å²) in [4.78, 5) is 13.0. The second-order valence-electron chi connectivity index (χ2n) is 12.3. The first-order chi connectivity index (χ1) is 24.6. The summed E-state index contributed by atoms with van der Waals surface area (Å²) in [6.07, 6.45) is 16.1. The third-order valence-corrected chi connectivity index (χ3v) is 11.0. The van der Waals surface area contributed by atoms with E-state index in [-0.39, 0.29) is 31.2 Å². The molecule has 2 N–H and O–H groups in total. The maximum absolute atomic E-state index is 10.4. The SMILES string of the molecule is CCCCCCCCCCCCCN1CC(C)OC(C)C1.N#Cc1c(Cl)c(Cl)c(Cl)c(C#N)c1Cl.O=CNC(Nc1ccc(Cl)c(Cl)c1)C(Cl)(Cl)Cl. The number of halogens is 9. The summed E-state index contributed by atoms with van der Waals surface area (Å²) in [5.41, 5.74) is 0.476. The molecule has 1 fully saturated rings. The average molecular weight is 900 g/mol. The van der Waals surface area contributed by atoms with Crippen LogP contribution < -0.4 is 10.6 Å². The smallest absolute Gasteiger partial charge is 0.228 e. The number of rotatable bonds is 16. The standard InChI is InChI=1S/C19H39NO.C9H7Cl5N2O.C8Cl4N2/c1-4-5-6-7-8-9-10-11-12-13-14-15-20-16-18(2)21-19(3)17-20;10-6-2-1-5(3-7(6)11)16-8(15-4-17)9(12,13)14;9-5-3(1-13)6(10)8(12)7(11)4(5)2-14/h18-19H,4-17H2,1-3H3;1-4,8,16H,(H,15,17);. The number of unbranched alkanes of at least 4 members (excludes halogenated alkanes) is 10. The van der Waals surface area contributed by atoms with Crippen LogP contribution in [0.3, 0.4) is 0 Å². The summed E-state index contributed by atoms with van der Waals surface area (Å²) in [5, 5.41) is 23.1. The lowest BCUT2D eigenvalue weighted by molar-refractivity contribution is -0.110. The van der Waals surface area contributed by atoms with Crippen molar-refractivity contribution in [2.75, 3.05) is 25.0 Å². The number of benzene rings is 2. The molecule has 0 aromatic heterocycles. The predicted molar refractivity (Wildman–Crippen MR) is 222 cm³/mol. The number of hydrogen-bond acceptors (Lipinski definition) is 6. The van der Waals surface area contributed by atoms with Gasteiger partial charge in [-0.2, -0.15) is 10.5 Å². The Hall–Kier alpha value is -0.780. The molecule has 0 bridgehead atoms. The average Bonchev–Trinajstić information content (AvgIpc) is 3.08. The van der Waals surface area contributed by atoms with E-state index in [4.69, 9.17) is 120 Å². The van der Waals surface area contributed by atoms with Gasteiger partial charge in [0.1, 0.15) is 18.3 Å². The van der Waals surface area contributed by atoms with Gasteiger partial charge in [0.15, 0.2) is 0 Å². The number of morpholine rings is 1. The summed E-state index contributed by atoms with van der Waals surface area (Å²) < 4.78 is 4.08. The van der Waals surface area contributed by atoms with Crippen LogP contribution >= 0.6 is 104 Å². The Morgan fingerprint density at radius 1 is 0.788 bits per heavy atom. The van der Waals surface area contributed by atoms with Crippen molar-refractivity contribution < 1.29 is 9.53 Å². The van der Waals surface area contributed by atoms with E-state index in [1.54, 1.807) is 30.3 Å². The fourth-order valence-corrected chi connectivity index (χ4v) is 7.06. The van der Waals surface area contributed by atoms with E-state index in [1.807, 2.05) is 0 Å². The quantitative estimate of drug-likeness (QED) is 0.0435. The molecular formula is C36H46Cl9N5O2. The number of alkyl halides is 3. The summed E-state index contributed by atoms with van der Waals surface area (Å²) >= 11 is 51.5. The third-order valence-electron chi connectivity index (χ3n) is 7.85. The lowest BCUT2D eigenvalue weighted by Gasteiger charge is -2.35. The topological polar surface area (TPSA) is 101 Å². The number of nitriles is 2. The van der Waals surface area contributed by atoms with E-state index in [1.165, 1.54) is 77.2 Å². The molecule has 2 aromatic rings. The van der Waals surface area contributed by atoms with Crippen molar-refractivity contribution in [3.05, 3.63) is 59.5 Å². The molecular weight excluding hydrogens is 854 g/mol. The van der Waals surface area contributed by atoms with Crippen molar-refractivity contribution in [3.8, 4) is 12.1 Å². The van der Waals surface area contributed by atoms with Gasteiger partial charge in [0, 0.05) is 18.8 Å². The minimum absolute atomic E-state index is 0.0363. The van der Waals surface area contributed by atoms with Crippen LogP contribution in [-0.4, -0.2) is 53.1 Å². The predicted octanol–water partition coefficient (Wildman–Crippen LogP) is 13.3. The molecule has 290 valence electrons. The van der Waals surface area contributed by atoms with Crippen molar-refractivity contribution in [1.29, 1.82) is 10.5 Å². The fourth-order valence-electron chi connectivity index (χ4n) is 5.34. The van der Waals surface area contributed by atoms with Crippen LogP contribution in [0.25, 0.3) is 0 Å². The number of carbonyl (C=O) groups is 1. The molecule has 3 rings (SSSR count). The molecule has 1 heterocycles. The number of carbonyl (C=O) groups excluding carboxylic acids is 1. The maximum Gasteiger partial charge on any atom is 0.228 e. The van der Waals surface area contributed by atoms with Gasteiger partial charge in [-0.25, -0.2) is 0 Å². The molecule has 0 spiro atoms. The van der Waals surface area contributed by atoms with Crippen LogP contribution in [0.4, 0.5) is 5.69 Å². The second-order valence-corrected chi connectivity index (χ2v) is 17.0. The summed E-state index contributed by atoms with van der Waals surface area (Å²) in [5.74, 6) is 0. The number of ether oxygens (including phenoxy) is 1. The van der Waals surface area contributed by atoms with Gasteiger partial charge in [-0.15, -0.1) is 0 Å². The van der Waals surface area contributed by atoms with Gasteiger partial charge in [0.05, 0.1) is 53.5 Å². The van der Waals surface area contributed by atoms with Crippen LogP contribution in [0, 0.1) is 22.7 Å². The van der Waals surface area contributed by atoms with Crippen LogP contribution in [0.5, 0.6) is 0 Å². The Balaban J connectivity index is 0.000000398. The summed E-state index contributed by atoms with van der Waals surface area (Å²) in [6.45, 7) is 10.2. The highest BCUT2D eigenvalue weighted by Gasteiger charge is 2.32. The fraction of sp³-hybridized carbons (Fsp3) is 0.583. The van der Waals surface area contributed by atoms with Gasteiger partial charge >= 0.3 is 0 Å². The first-order valence-electron chi connectivity index (χ1n) is 17.1. The van der Waals surface area contributed by atoms with E-state index >= 15 is 0 Å². The van der Waals surface area contributed by atoms with Crippen LogP contribution in [-0.2, 0) is 9.53 Å². The van der Waals surface area contributed by atoms with E-state index in [9.17, 15) is 4.79 Å². The van der Waals surface area contributed by atoms with Crippen LogP contribution in [0.1, 0.15) is 103 Å². The first kappa shape index (κ1) is 49.2. The van der Waals surface area contributed by atoms with Crippen molar-refractivity contribution in [1.82, 2.24) is 10.2 Å². The zero-order valence-corrected chi connectivity index (χ0v) is 36.3. The number of nitrogens with zero attached hydrogens (tertiary/aromatic N) is 3. The van der Waals surface area contributed by atoms with Gasteiger partial charge in [-0.3, -0.25) is 9.69 Å². The van der Waals surface area contributed by atoms with Crippen molar-refractivity contribution in [2.45, 2.75) is 114 Å². The van der Waals surface area contributed by atoms with Gasteiger partial charge < -0.3 is 15.4 Å². The largest absolute Gasteiger partial charge is 0.373 e. The molecule has 1 aliphatic heterocycles. The number of anilines is 1. The van der Waals surface area contributed by atoms with Gasteiger partial charge in [0.2, 0.25) is 10.2 Å². The molecule has 0 radical (unpaired) electrons. The highest BCUT2D eigenvalue weighted by Crippen LogP contribution is 2.40. The minimum atomic E-state index is -1.70. The number of amides is 1. The van der Waals surface area contributed by atoms with Crippen molar-refractivity contribution >= 4 is 117 Å². The van der Waals surface area contributed by atoms with Crippen LogP contribution in [0.15, 0.2) is 18.2 Å². The van der Waals surface area contributed by atoms with Gasteiger partial charge in [0.25, 0.3) is 0 Å². The molecule has 2 aromatic carbocycles. The summed E-state index contributed by atoms with van der Waals surface area (Å²) in [7, 11) is 0. The summed E-state index contributed by atoms with van der Waals surface area (Å²) in [6, 6.07) is 8.28. The van der Waals surface area contributed by atoms with E-state index in [2.05, 4.69) is 36.3 Å². The molecule has 52 heavy (non-hydrogen) atoms. The zero-order valence-electron chi connectivity index (χ0n) is 29.5. The maximum atomic E-state index is 10.4. The van der Waals surface area contributed by atoms with Crippen molar-refractivity contribution in [2.24, 2.45) is 0 Å². The molecule has 1 saturated heterocycles. The monoisotopic (exact) mass is 895 g/mol.